The molecule has 0 fully saturated rings. The van der Waals surface area contributed by atoms with Crippen LogP contribution in [0.4, 0.5) is 0 Å². The molecule has 1 aromatic heterocycles. The molecule has 1 heterocycles. The second kappa shape index (κ2) is 5.23. The van der Waals surface area contributed by atoms with E-state index in [0.29, 0.717) is 0 Å². The van der Waals surface area contributed by atoms with Gasteiger partial charge in [0.25, 0.3) is 0 Å². The Morgan fingerprint density at radius 1 is 1.50 bits per heavy atom. The number of nitrogens with two attached hydrogens (primary N) is 1. The van der Waals surface area contributed by atoms with Gasteiger partial charge in [0.05, 0.1) is 0 Å². The molecule has 1 atom stereocenters. The lowest BCUT2D eigenvalue weighted by Gasteiger charge is -2.20. The topological polar surface area (TPSA) is 30.9 Å². The number of hydrogen-bond donors (Lipinski definition) is 1. The summed E-state index contributed by atoms with van der Waals surface area (Å²) in [5.74, 6) is 2.69. The van der Waals surface area contributed by atoms with E-state index in [4.69, 9.17) is 12.2 Å². The molecule has 2 N–H and O–H groups in total. The fourth-order valence-corrected chi connectivity index (χ4v) is 2.51. The maximum Gasteiger partial charge on any atom is 0.0312 e. The molecule has 0 aliphatic heterocycles. The highest BCUT2D eigenvalue weighted by Crippen LogP contribution is 2.28. The Morgan fingerprint density at radius 3 is 3.19 bits per heavy atom. The molecule has 0 saturated heterocycles. The minimum absolute atomic E-state index is 0.260. The average Bonchev–Trinajstić information content (AvgIpc) is 2.70. The van der Waals surface area contributed by atoms with Crippen LogP contribution in [-0.4, -0.2) is 4.57 Å². The smallest absolute Gasteiger partial charge is 0.0312 e. The van der Waals surface area contributed by atoms with E-state index in [9.17, 15) is 0 Å². The van der Waals surface area contributed by atoms with Crippen molar-refractivity contribution >= 4 is 0 Å². The molecular formula is C14H20N2. The van der Waals surface area contributed by atoms with Crippen molar-refractivity contribution in [2.24, 2.45) is 5.73 Å². The number of hydrogen-bond acceptors (Lipinski definition) is 1. The van der Waals surface area contributed by atoms with Crippen LogP contribution in [0.3, 0.4) is 0 Å². The van der Waals surface area contributed by atoms with Gasteiger partial charge >= 0.3 is 0 Å². The highest BCUT2D eigenvalue weighted by molar-refractivity contribution is 5.28. The molecule has 0 saturated carbocycles. The molecule has 16 heavy (non-hydrogen) atoms. The second-order valence-corrected chi connectivity index (χ2v) is 4.57. The monoisotopic (exact) mass is 216 g/mol. The largest absolute Gasteiger partial charge is 0.351 e. The van der Waals surface area contributed by atoms with Crippen molar-refractivity contribution in [2.75, 3.05) is 0 Å². The summed E-state index contributed by atoms with van der Waals surface area (Å²) in [6.45, 7) is 1.09. The van der Waals surface area contributed by atoms with Crippen LogP contribution in [0.1, 0.15) is 49.4 Å². The standard InChI is InChI=1S/C14H20N2/c1-2-3-4-5-10-16-11-9-12-13(15)7-6-8-14(12)16/h1,9,11,13H,3-8,10,15H2. The summed E-state index contributed by atoms with van der Waals surface area (Å²) in [7, 11) is 0. The Morgan fingerprint density at radius 2 is 2.38 bits per heavy atom. The summed E-state index contributed by atoms with van der Waals surface area (Å²) in [6.07, 6.45) is 14.2. The average molecular weight is 216 g/mol. The van der Waals surface area contributed by atoms with Crippen LogP contribution in [0.5, 0.6) is 0 Å². The number of terminal acetylenes is 1. The van der Waals surface area contributed by atoms with Crippen molar-refractivity contribution in [1.82, 2.24) is 4.57 Å². The summed E-state index contributed by atoms with van der Waals surface area (Å²) >= 11 is 0. The van der Waals surface area contributed by atoms with Gasteiger partial charge < -0.3 is 10.3 Å². The van der Waals surface area contributed by atoms with E-state index in [1.165, 1.54) is 30.5 Å². The number of unbranched alkanes of at least 4 members (excludes halogenated alkanes) is 2. The second-order valence-electron chi connectivity index (χ2n) is 4.57. The van der Waals surface area contributed by atoms with Gasteiger partial charge in [0.2, 0.25) is 0 Å². The number of nitrogens with zero attached hydrogens (tertiary/aromatic N) is 1. The zero-order chi connectivity index (χ0) is 11.4. The highest BCUT2D eigenvalue weighted by atomic mass is 15.0. The Hall–Kier alpha value is -1.20. The van der Waals surface area contributed by atoms with Crippen molar-refractivity contribution in [1.29, 1.82) is 0 Å². The van der Waals surface area contributed by atoms with Crippen molar-refractivity contribution in [3.8, 4) is 12.3 Å². The zero-order valence-corrected chi connectivity index (χ0v) is 9.78. The van der Waals surface area contributed by atoms with Crippen LogP contribution in [0.25, 0.3) is 0 Å². The fraction of sp³-hybridized carbons (Fsp3) is 0.571. The molecule has 86 valence electrons. The minimum atomic E-state index is 0.260. The van der Waals surface area contributed by atoms with Gasteiger partial charge in [0.15, 0.2) is 0 Å². The van der Waals surface area contributed by atoms with Gasteiger partial charge in [0.1, 0.15) is 0 Å². The van der Waals surface area contributed by atoms with E-state index in [-0.39, 0.29) is 6.04 Å². The summed E-state index contributed by atoms with van der Waals surface area (Å²) in [5, 5.41) is 0. The lowest BCUT2D eigenvalue weighted by Crippen LogP contribution is -2.18. The first kappa shape index (κ1) is 11.3. The third kappa shape index (κ3) is 2.31. The molecular weight excluding hydrogens is 196 g/mol. The van der Waals surface area contributed by atoms with E-state index in [1.807, 2.05) is 0 Å². The van der Waals surface area contributed by atoms with Crippen LogP contribution in [0.2, 0.25) is 0 Å². The van der Waals surface area contributed by atoms with Gasteiger partial charge in [-0.2, -0.15) is 0 Å². The molecule has 0 radical (unpaired) electrons. The number of aromatic nitrogens is 1. The third-order valence-corrected chi connectivity index (χ3v) is 3.41. The molecule has 0 bridgehead atoms. The summed E-state index contributed by atoms with van der Waals surface area (Å²) in [6, 6.07) is 2.45. The predicted octanol–water partition coefficient (Wildman–Crippen LogP) is 2.63. The molecule has 1 aliphatic rings. The van der Waals surface area contributed by atoms with E-state index in [0.717, 1.165) is 25.8 Å². The quantitative estimate of drug-likeness (QED) is 0.609. The summed E-state index contributed by atoms with van der Waals surface area (Å²) in [4.78, 5) is 0. The Balaban J connectivity index is 1.98. The molecule has 0 spiro atoms. The Labute approximate surface area is 97.8 Å². The predicted molar refractivity (Wildman–Crippen MR) is 67.0 cm³/mol. The van der Waals surface area contributed by atoms with Gasteiger partial charge in [-0.1, -0.05) is 0 Å². The van der Waals surface area contributed by atoms with Crippen molar-refractivity contribution in [3.05, 3.63) is 23.5 Å². The zero-order valence-electron chi connectivity index (χ0n) is 9.78. The molecule has 2 rings (SSSR count). The van der Waals surface area contributed by atoms with Gasteiger partial charge in [-0.3, -0.25) is 0 Å². The molecule has 1 aliphatic carbocycles. The Bertz CT molecular complexity index is 384. The maximum atomic E-state index is 6.10. The number of rotatable bonds is 4. The van der Waals surface area contributed by atoms with Crippen LogP contribution in [0, 0.1) is 12.3 Å². The maximum absolute atomic E-state index is 6.10. The summed E-state index contributed by atoms with van der Waals surface area (Å²) < 4.78 is 2.37. The van der Waals surface area contributed by atoms with E-state index in [1.54, 1.807) is 0 Å². The fourth-order valence-electron chi connectivity index (χ4n) is 2.51. The van der Waals surface area contributed by atoms with Gasteiger partial charge in [-0.25, -0.2) is 0 Å². The van der Waals surface area contributed by atoms with Crippen LogP contribution in [0.15, 0.2) is 12.3 Å². The summed E-state index contributed by atoms with van der Waals surface area (Å²) in [5.41, 5.74) is 8.92. The van der Waals surface area contributed by atoms with Crippen molar-refractivity contribution in [3.63, 3.8) is 0 Å². The van der Waals surface area contributed by atoms with Gasteiger partial charge in [0, 0.05) is 30.9 Å². The lowest BCUT2D eigenvalue weighted by molar-refractivity contribution is 0.527. The molecule has 0 aromatic carbocycles. The first-order valence-electron chi connectivity index (χ1n) is 6.20. The number of aryl methyl sites for hydroxylation is 1. The van der Waals surface area contributed by atoms with E-state index in [2.05, 4.69) is 22.8 Å². The lowest BCUT2D eigenvalue weighted by atomic mass is 9.93. The molecule has 2 nitrogen and oxygen atoms in total. The highest BCUT2D eigenvalue weighted by Gasteiger charge is 2.19. The molecule has 1 unspecified atom stereocenters. The first-order chi connectivity index (χ1) is 7.83. The van der Waals surface area contributed by atoms with Gasteiger partial charge in [-0.05, 0) is 43.7 Å². The molecule has 2 heteroatoms. The van der Waals surface area contributed by atoms with Gasteiger partial charge in [-0.15, -0.1) is 12.3 Å². The van der Waals surface area contributed by atoms with Crippen LogP contribution < -0.4 is 5.73 Å². The van der Waals surface area contributed by atoms with Crippen molar-refractivity contribution < 1.29 is 0 Å². The SMILES string of the molecule is C#CCCCCn1ccc2c1CCCC2N. The van der Waals surface area contributed by atoms with Crippen LogP contribution in [-0.2, 0) is 13.0 Å². The van der Waals surface area contributed by atoms with Crippen molar-refractivity contribution in [2.45, 2.75) is 51.1 Å². The van der Waals surface area contributed by atoms with Crippen LogP contribution >= 0.6 is 0 Å². The normalized spacial score (nSPS) is 19.1. The molecule has 1 aromatic rings. The van der Waals surface area contributed by atoms with E-state index < -0.39 is 0 Å². The number of fused-ring (bicyclic) bond motifs is 1. The Kier molecular flexibility index (Phi) is 3.69. The first-order valence-corrected chi connectivity index (χ1v) is 6.20. The molecule has 0 amide bonds. The third-order valence-electron chi connectivity index (χ3n) is 3.41. The van der Waals surface area contributed by atoms with E-state index >= 15 is 0 Å². The minimum Gasteiger partial charge on any atom is -0.351 e.